The largest absolute Gasteiger partial charge is 0.493 e. The van der Waals surface area contributed by atoms with E-state index in [4.69, 9.17) is 14.8 Å². The number of hydrogen-bond acceptors (Lipinski definition) is 3. The average molecular weight is 441 g/mol. The Hall–Kier alpha value is -3.60. The third kappa shape index (κ3) is 3.99. The fourth-order valence-corrected chi connectivity index (χ4v) is 4.93. The molecule has 1 atom stereocenters. The maximum Gasteiger partial charge on any atom is 0.304 e. The molecular weight excluding hydrogens is 412 g/mol. The number of carboxylic acid groups (broad SMARTS) is 1. The number of fused-ring (bicyclic) bond motifs is 2. The fourth-order valence-electron chi connectivity index (χ4n) is 4.93. The third-order valence-corrected chi connectivity index (χ3v) is 6.70. The summed E-state index contributed by atoms with van der Waals surface area (Å²) in [5.74, 6) is 0.983. The Bertz CT molecular complexity index is 1370. The van der Waals surface area contributed by atoms with Gasteiger partial charge in [0.2, 0.25) is 0 Å². The minimum absolute atomic E-state index is 0.0532. The molecule has 0 saturated heterocycles. The first kappa shape index (κ1) is 21.3. The van der Waals surface area contributed by atoms with Gasteiger partial charge in [0.05, 0.1) is 29.7 Å². The number of imidazole rings is 1. The Morgan fingerprint density at radius 1 is 1.09 bits per heavy atom. The summed E-state index contributed by atoms with van der Waals surface area (Å²) >= 11 is 0. The van der Waals surface area contributed by atoms with Gasteiger partial charge >= 0.3 is 5.97 Å². The molecule has 4 aromatic rings. The van der Waals surface area contributed by atoms with Crippen LogP contribution in [0.15, 0.2) is 54.6 Å². The number of hydrogen-bond donors (Lipinski definition) is 1. The number of aromatic nitrogens is 2. The first-order valence-corrected chi connectivity index (χ1v) is 11.4. The predicted molar refractivity (Wildman–Crippen MR) is 130 cm³/mol. The van der Waals surface area contributed by atoms with Crippen molar-refractivity contribution in [3.8, 4) is 11.4 Å². The van der Waals surface area contributed by atoms with Crippen LogP contribution in [-0.2, 0) is 17.6 Å². The average Bonchev–Trinajstić information content (AvgIpc) is 3.32. The minimum Gasteiger partial charge on any atom is -0.493 e. The van der Waals surface area contributed by atoms with Crippen molar-refractivity contribution in [2.45, 2.75) is 46.0 Å². The summed E-state index contributed by atoms with van der Waals surface area (Å²) in [5, 5.41) is 9.11. The van der Waals surface area contributed by atoms with Gasteiger partial charge in [-0.15, -0.1) is 0 Å². The number of nitrogens with zero attached hydrogens (tertiary/aromatic N) is 2. The van der Waals surface area contributed by atoms with Crippen molar-refractivity contribution in [1.29, 1.82) is 0 Å². The van der Waals surface area contributed by atoms with E-state index in [0.29, 0.717) is 6.61 Å². The minimum atomic E-state index is -0.785. The number of aliphatic carboxylic acids is 1. The van der Waals surface area contributed by atoms with Crippen LogP contribution in [0.4, 0.5) is 0 Å². The van der Waals surface area contributed by atoms with E-state index < -0.39 is 5.97 Å². The molecule has 5 rings (SSSR count). The van der Waals surface area contributed by atoms with Crippen molar-refractivity contribution in [1.82, 2.24) is 9.55 Å². The monoisotopic (exact) mass is 440 g/mol. The van der Waals surface area contributed by atoms with Crippen molar-refractivity contribution in [3.63, 3.8) is 0 Å². The number of ether oxygens (including phenoxy) is 1. The van der Waals surface area contributed by atoms with E-state index in [1.165, 1.54) is 27.9 Å². The number of aryl methyl sites for hydroxylation is 4. The zero-order valence-electron chi connectivity index (χ0n) is 19.3. The van der Waals surface area contributed by atoms with Gasteiger partial charge in [-0.25, -0.2) is 4.98 Å². The highest BCUT2D eigenvalue weighted by molar-refractivity contribution is 5.79. The van der Waals surface area contributed by atoms with E-state index in [2.05, 4.69) is 73.9 Å². The number of carboxylic acids is 1. The van der Waals surface area contributed by atoms with Crippen LogP contribution in [0.25, 0.3) is 16.7 Å². The van der Waals surface area contributed by atoms with Gasteiger partial charge in [0.25, 0.3) is 0 Å². The first-order valence-electron chi connectivity index (χ1n) is 11.4. The highest BCUT2D eigenvalue weighted by Gasteiger charge is 2.26. The van der Waals surface area contributed by atoms with Crippen molar-refractivity contribution in [2.75, 3.05) is 6.61 Å². The van der Waals surface area contributed by atoms with Crippen LogP contribution >= 0.6 is 0 Å². The van der Waals surface area contributed by atoms with Crippen LogP contribution in [0.1, 0.15) is 46.0 Å². The van der Waals surface area contributed by atoms with Crippen LogP contribution in [0.5, 0.6) is 5.75 Å². The van der Waals surface area contributed by atoms with E-state index in [1.54, 1.807) is 0 Å². The molecule has 1 aliphatic heterocycles. The van der Waals surface area contributed by atoms with E-state index in [1.807, 2.05) is 6.07 Å². The third-order valence-electron chi connectivity index (χ3n) is 6.70. The van der Waals surface area contributed by atoms with Gasteiger partial charge in [-0.2, -0.15) is 0 Å². The van der Waals surface area contributed by atoms with E-state index in [0.717, 1.165) is 41.0 Å². The van der Waals surface area contributed by atoms with Gasteiger partial charge in [0.15, 0.2) is 0 Å². The van der Waals surface area contributed by atoms with Gasteiger partial charge in [-0.1, -0.05) is 30.3 Å². The number of rotatable bonds is 6. The molecule has 3 aromatic carbocycles. The van der Waals surface area contributed by atoms with Gasteiger partial charge in [-0.3, -0.25) is 9.36 Å². The summed E-state index contributed by atoms with van der Waals surface area (Å²) in [6.07, 6.45) is 1.93. The fraction of sp³-hybridized carbons (Fsp3) is 0.286. The second kappa shape index (κ2) is 8.39. The molecule has 33 heavy (non-hydrogen) atoms. The molecule has 5 heteroatoms. The molecular formula is C28H28N2O3. The molecule has 0 aliphatic carbocycles. The van der Waals surface area contributed by atoms with Crippen molar-refractivity contribution >= 4 is 17.0 Å². The number of benzene rings is 3. The van der Waals surface area contributed by atoms with Gasteiger partial charge in [0.1, 0.15) is 11.6 Å². The summed E-state index contributed by atoms with van der Waals surface area (Å²) in [6, 6.07) is 19.1. The topological polar surface area (TPSA) is 64.4 Å². The van der Waals surface area contributed by atoms with Crippen LogP contribution in [0.3, 0.4) is 0 Å². The van der Waals surface area contributed by atoms with Crippen LogP contribution in [0.2, 0.25) is 0 Å². The molecule has 2 heterocycles. The molecule has 168 valence electrons. The van der Waals surface area contributed by atoms with E-state index >= 15 is 0 Å². The van der Waals surface area contributed by atoms with Crippen molar-refractivity contribution in [3.05, 3.63) is 88.2 Å². The van der Waals surface area contributed by atoms with Crippen LogP contribution in [0, 0.1) is 20.8 Å². The first-order chi connectivity index (χ1) is 15.9. The Kier molecular flexibility index (Phi) is 5.41. The quantitative estimate of drug-likeness (QED) is 0.419. The molecule has 0 bridgehead atoms. The number of carbonyl (C=O) groups is 1. The van der Waals surface area contributed by atoms with Gasteiger partial charge in [-0.05, 0) is 80.1 Å². The Morgan fingerprint density at radius 2 is 1.94 bits per heavy atom. The van der Waals surface area contributed by atoms with Crippen LogP contribution in [-0.4, -0.2) is 27.2 Å². The molecule has 0 saturated carbocycles. The summed E-state index contributed by atoms with van der Waals surface area (Å²) in [4.78, 5) is 15.9. The molecule has 0 fully saturated rings. The lowest BCUT2D eigenvalue weighted by Gasteiger charge is -2.15. The Labute approximate surface area is 193 Å². The second-order valence-corrected chi connectivity index (χ2v) is 9.03. The zero-order chi connectivity index (χ0) is 23.1. The lowest BCUT2D eigenvalue weighted by molar-refractivity contribution is -0.137. The molecule has 1 aliphatic rings. The highest BCUT2D eigenvalue weighted by atomic mass is 16.5. The molecule has 0 spiro atoms. The molecule has 0 amide bonds. The second-order valence-electron chi connectivity index (χ2n) is 9.03. The smallest absolute Gasteiger partial charge is 0.304 e. The molecule has 0 unspecified atom stereocenters. The zero-order valence-corrected chi connectivity index (χ0v) is 19.3. The maximum absolute atomic E-state index is 11.1. The Morgan fingerprint density at radius 3 is 2.76 bits per heavy atom. The summed E-state index contributed by atoms with van der Waals surface area (Å²) in [5.41, 5.74) is 9.33. The highest BCUT2D eigenvalue weighted by Crippen LogP contribution is 2.37. The predicted octanol–water partition coefficient (Wildman–Crippen LogP) is 5.69. The summed E-state index contributed by atoms with van der Waals surface area (Å²) in [7, 11) is 0. The Balaban J connectivity index is 1.39. The standard InChI is InChI=1S/C28H28N2O3/c1-17-7-12-26-24(13-17)29-19(3)30(26)25-6-4-5-21(18(25)2)10-8-20-9-11-23-22(15-28(31)32)16-33-27(23)14-20/h4-7,9,11-14,22H,8,10,15-16H2,1-3H3,(H,31,32)/t22-/m1/s1. The lowest BCUT2D eigenvalue weighted by Crippen LogP contribution is -2.07. The summed E-state index contributed by atoms with van der Waals surface area (Å²) < 4.78 is 8.03. The SMILES string of the molecule is Cc1ccc2c(c1)nc(C)n2-c1cccc(CCc2ccc3c(c2)OC[C@H]3CC(=O)O)c1C. The van der Waals surface area contributed by atoms with Gasteiger partial charge in [0, 0.05) is 11.5 Å². The van der Waals surface area contributed by atoms with Crippen LogP contribution < -0.4 is 4.74 Å². The molecule has 0 radical (unpaired) electrons. The lowest BCUT2D eigenvalue weighted by atomic mass is 9.94. The summed E-state index contributed by atoms with van der Waals surface area (Å²) in [6.45, 7) is 6.79. The van der Waals surface area contributed by atoms with E-state index in [-0.39, 0.29) is 12.3 Å². The van der Waals surface area contributed by atoms with E-state index in [9.17, 15) is 4.79 Å². The van der Waals surface area contributed by atoms with Crippen molar-refractivity contribution in [2.24, 2.45) is 0 Å². The molecule has 1 aromatic heterocycles. The molecule has 5 nitrogen and oxygen atoms in total. The van der Waals surface area contributed by atoms with Crippen molar-refractivity contribution < 1.29 is 14.6 Å². The van der Waals surface area contributed by atoms with Gasteiger partial charge < -0.3 is 9.84 Å². The normalized spacial score (nSPS) is 14.9. The molecule has 1 N–H and O–H groups in total. The maximum atomic E-state index is 11.1.